The number of hydrogen-bond donors (Lipinski definition) is 0. The Morgan fingerprint density at radius 2 is 1.71 bits per heavy atom. The number of ketones is 1. The van der Waals surface area contributed by atoms with Crippen molar-refractivity contribution < 1.29 is 24.2 Å². The van der Waals surface area contributed by atoms with Crippen LogP contribution in [0.5, 0.6) is 0 Å². The van der Waals surface area contributed by atoms with Gasteiger partial charge in [-0.25, -0.2) is 4.79 Å². The number of non-ortho nitro benzene ring substituents is 1. The number of nitrogens with zero attached hydrogens (tertiary/aromatic N) is 2. The third kappa shape index (κ3) is 4.97. The Hall–Kier alpha value is -3.62. The molecule has 0 spiro atoms. The number of esters is 1. The second-order valence-electron chi connectivity index (χ2n) is 5.93. The van der Waals surface area contributed by atoms with Gasteiger partial charge < -0.3 is 4.74 Å². The molecule has 0 radical (unpaired) electrons. The molecule has 146 valence electrons. The molecule has 0 bridgehead atoms. The summed E-state index contributed by atoms with van der Waals surface area (Å²) in [5.74, 6) is -2.74. The maximum absolute atomic E-state index is 12.6. The number of benzene rings is 2. The maximum Gasteiger partial charge on any atom is 0.382 e. The third-order valence-electron chi connectivity index (χ3n) is 4.15. The van der Waals surface area contributed by atoms with E-state index in [2.05, 4.69) is 0 Å². The predicted molar refractivity (Wildman–Crippen MR) is 98.6 cm³/mol. The van der Waals surface area contributed by atoms with E-state index < -0.39 is 33.6 Å². The largest absolute Gasteiger partial charge is 0.461 e. The van der Waals surface area contributed by atoms with Gasteiger partial charge in [-0.1, -0.05) is 42.5 Å². The lowest BCUT2D eigenvalue weighted by Crippen LogP contribution is -2.38. The molecule has 2 atom stereocenters. The summed E-state index contributed by atoms with van der Waals surface area (Å²) in [6, 6.07) is 11.4. The van der Waals surface area contributed by atoms with Crippen LogP contribution < -0.4 is 0 Å². The van der Waals surface area contributed by atoms with E-state index in [-0.39, 0.29) is 24.3 Å². The molecule has 0 aliphatic heterocycles. The fourth-order valence-corrected chi connectivity index (χ4v) is 2.85. The first-order valence-corrected chi connectivity index (χ1v) is 8.47. The van der Waals surface area contributed by atoms with E-state index in [0.29, 0.717) is 5.56 Å². The van der Waals surface area contributed by atoms with Crippen LogP contribution in [0.2, 0.25) is 0 Å². The van der Waals surface area contributed by atoms with Crippen molar-refractivity contribution in [1.82, 2.24) is 0 Å². The number of Topliss-reactive ketones (excluding diaryl/α,β-unsaturated/α-hetero) is 1. The lowest BCUT2D eigenvalue weighted by molar-refractivity contribution is -0.514. The molecule has 0 saturated heterocycles. The van der Waals surface area contributed by atoms with Crippen LogP contribution in [0.15, 0.2) is 54.6 Å². The Balaban J connectivity index is 2.49. The van der Waals surface area contributed by atoms with Crippen LogP contribution in [0.25, 0.3) is 0 Å². The van der Waals surface area contributed by atoms with Crippen LogP contribution in [-0.2, 0) is 9.53 Å². The Morgan fingerprint density at radius 1 is 1.04 bits per heavy atom. The summed E-state index contributed by atoms with van der Waals surface area (Å²) in [6.45, 7) is 1.43. The zero-order valence-electron chi connectivity index (χ0n) is 15.0. The number of nitro groups is 2. The summed E-state index contributed by atoms with van der Waals surface area (Å²) in [6.07, 6.45) is -0.379. The smallest absolute Gasteiger partial charge is 0.382 e. The highest BCUT2D eigenvalue weighted by molar-refractivity contribution is 5.97. The van der Waals surface area contributed by atoms with Gasteiger partial charge in [0, 0.05) is 29.0 Å². The molecule has 0 heterocycles. The van der Waals surface area contributed by atoms with Gasteiger partial charge in [-0.3, -0.25) is 25.0 Å². The van der Waals surface area contributed by atoms with Crippen molar-refractivity contribution in [2.75, 3.05) is 6.61 Å². The van der Waals surface area contributed by atoms with E-state index in [4.69, 9.17) is 4.74 Å². The highest BCUT2D eigenvalue weighted by atomic mass is 16.6. The zero-order valence-corrected chi connectivity index (χ0v) is 15.0. The van der Waals surface area contributed by atoms with E-state index in [1.54, 1.807) is 30.3 Å². The number of nitro benzene ring substituents is 1. The molecule has 2 aromatic rings. The monoisotopic (exact) mass is 386 g/mol. The van der Waals surface area contributed by atoms with Gasteiger partial charge in [0.15, 0.2) is 5.78 Å². The van der Waals surface area contributed by atoms with Crippen LogP contribution in [0.3, 0.4) is 0 Å². The van der Waals surface area contributed by atoms with Crippen molar-refractivity contribution in [3.8, 4) is 0 Å². The molecule has 28 heavy (non-hydrogen) atoms. The Kier molecular flexibility index (Phi) is 6.91. The molecule has 2 unspecified atom stereocenters. The maximum atomic E-state index is 12.6. The van der Waals surface area contributed by atoms with E-state index >= 15 is 0 Å². The van der Waals surface area contributed by atoms with E-state index in [0.717, 1.165) is 6.07 Å². The quantitative estimate of drug-likeness (QED) is 0.280. The van der Waals surface area contributed by atoms with Gasteiger partial charge >= 0.3 is 12.0 Å². The highest BCUT2D eigenvalue weighted by Crippen LogP contribution is 2.30. The Labute approximate surface area is 160 Å². The molecular weight excluding hydrogens is 368 g/mol. The first kappa shape index (κ1) is 20.7. The Morgan fingerprint density at radius 3 is 2.29 bits per heavy atom. The average Bonchev–Trinajstić information content (AvgIpc) is 2.68. The summed E-state index contributed by atoms with van der Waals surface area (Å²) in [5.41, 5.74) is 0.178. The number of rotatable bonds is 9. The van der Waals surface area contributed by atoms with E-state index in [1.807, 2.05) is 0 Å². The van der Waals surface area contributed by atoms with Crippen molar-refractivity contribution in [2.45, 2.75) is 25.3 Å². The van der Waals surface area contributed by atoms with Gasteiger partial charge in [-0.05, 0) is 12.5 Å². The van der Waals surface area contributed by atoms with Crippen molar-refractivity contribution in [3.63, 3.8) is 0 Å². The fourth-order valence-electron chi connectivity index (χ4n) is 2.85. The van der Waals surface area contributed by atoms with Crippen LogP contribution in [-0.4, -0.2) is 34.2 Å². The average molecular weight is 386 g/mol. The Bertz CT molecular complexity index is 883. The minimum Gasteiger partial charge on any atom is -0.461 e. The summed E-state index contributed by atoms with van der Waals surface area (Å²) in [5, 5.41) is 22.7. The number of carbonyl (C=O) groups excluding carboxylic acids is 2. The molecule has 9 nitrogen and oxygen atoms in total. The van der Waals surface area contributed by atoms with Crippen LogP contribution >= 0.6 is 0 Å². The first-order chi connectivity index (χ1) is 13.3. The summed E-state index contributed by atoms with van der Waals surface area (Å²) < 4.78 is 4.81. The van der Waals surface area contributed by atoms with Gasteiger partial charge in [0.1, 0.15) is 0 Å². The van der Waals surface area contributed by atoms with E-state index in [1.165, 1.54) is 25.1 Å². The van der Waals surface area contributed by atoms with Gasteiger partial charge in [-0.2, -0.15) is 0 Å². The lowest BCUT2D eigenvalue weighted by Gasteiger charge is -2.19. The molecule has 0 fully saturated rings. The minimum absolute atomic E-state index is 0.0720. The van der Waals surface area contributed by atoms with Gasteiger partial charge in [0.25, 0.3) is 5.69 Å². The van der Waals surface area contributed by atoms with Gasteiger partial charge in [0.05, 0.1) is 17.4 Å². The molecule has 2 rings (SSSR count). The summed E-state index contributed by atoms with van der Waals surface area (Å²) in [7, 11) is 0. The second kappa shape index (κ2) is 9.36. The SMILES string of the molecule is CCOC(=O)C(C(CC(=O)c1ccccc1)c1cccc([N+](=O)[O-])c1)[N+](=O)[O-]. The van der Waals surface area contributed by atoms with Crippen molar-refractivity contribution >= 4 is 17.4 Å². The summed E-state index contributed by atoms with van der Waals surface area (Å²) >= 11 is 0. The highest BCUT2D eigenvalue weighted by Gasteiger charge is 2.42. The van der Waals surface area contributed by atoms with Crippen molar-refractivity contribution in [3.05, 3.63) is 86.0 Å². The van der Waals surface area contributed by atoms with Crippen molar-refractivity contribution in [2.24, 2.45) is 0 Å². The number of hydrogen-bond acceptors (Lipinski definition) is 7. The number of ether oxygens (including phenoxy) is 1. The standard InChI is InChI=1S/C19H18N2O7/c1-2-28-19(23)18(21(26)27)16(12-17(22)13-7-4-3-5-8-13)14-9-6-10-15(11-14)20(24)25/h3-11,16,18H,2,12H2,1H3. The van der Waals surface area contributed by atoms with Gasteiger partial charge in [-0.15, -0.1) is 0 Å². The second-order valence-corrected chi connectivity index (χ2v) is 5.93. The fraction of sp³-hybridized carbons (Fsp3) is 0.263. The molecule has 0 N–H and O–H groups in total. The molecule has 0 aromatic heterocycles. The molecule has 0 aliphatic rings. The third-order valence-corrected chi connectivity index (χ3v) is 4.15. The molecule has 0 aliphatic carbocycles. The van der Waals surface area contributed by atoms with Crippen molar-refractivity contribution in [1.29, 1.82) is 0 Å². The minimum atomic E-state index is -1.87. The van der Waals surface area contributed by atoms with Gasteiger partial charge in [0.2, 0.25) is 0 Å². The topological polar surface area (TPSA) is 130 Å². The van der Waals surface area contributed by atoms with Crippen LogP contribution in [0.4, 0.5) is 5.69 Å². The molecule has 9 heteroatoms. The van der Waals surface area contributed by atoms with Crippen LogP contribution in [0, 0.1) is 20.2 Å². The van der Waals surface area contributed by atoms with E-state index in [9.17, 15) is 29.8 Å². The molecular formula is C19H18N2O7. The first-order valence-electron chi connectivity index (χ1n) is 8.47. The number of carbonyl (C=O) groups is 2. The lowest BCUT2D eigenvalue weighted by atomic mass is 9.85. The normalized spacial score (nSPS) is 12.6. The summed E-state index contributed by atoms with van der Waals surface area (Å²) in [4.78, 5) is 46.1. The van der Waals surface area contributed by atoms with Crippen LogP contribution in [0.1, 0.15) is 35.2 Å². The molecule has 0 saturated carbocycles. The predicted octanol–water partition coefficient (Wildman–Crippen LogP) is 3.16. The zero-order chi connectivity index (χ0) is 20.7. The molecule has 0 amide bonds. The molecule has 2 aromatic carbocycles.